The summed E-state index contributed by atoms with van der Waals surface area (Å²) >= 11 is 0. The van der Waals surface area contributed by atoms with Gasteiger partial charge in [0.05, 0.1) is 18.3 Å². The molecule has 0 fully saturated rings. The fourth-order valence-corrected chi connectivity index (χ4v) is 3.94. The molecular weight excluding hydrogens is 336 g/mol. The Bertz CT molecular complexity index is 1160. The predicted octanol–water partition coefficient (Wildman–Crippen LogP) is 4.42. The van der Waals surface area contributed by atoms with E-state index in [1.807, 2.05) is 43.5 Å². The zero-order valence-corrected chi connectivity index (χ0v) is 15.4. The number of hydrogen-bond donors (Lipinski definition) is 0. The van der Waals surface area contributed by atoms with Gasteiger partial charge in [-0.1, -0.05) is 6.07 Å². The molecule has 0 bridgehead atoms. The van der Waals surface area contributed by atoms with Crippen LogP contribution in [-0.4, -0.2) is 26.9 Å². The molecule has 134 valence electrons. The highest BCUT2D eigenvalue weighted by atomic mass is 16.5. The maximum atomic E-state index is 5.46. The average Bonchev–Trinajstić information content (AvgIpc) is 3.28. The Kier molecular flexibility index (Phi) is 3.67. The van der Waals surface area contributed by atoms with Crippen LogP contribution in [0.25, 0.3) is 33.4 Å². The lowest BCUT2D eigenvalue weighted by Gasteiger charge is -2.10. The number of aromatic nitrogens is 4. The van der Waals surface area contributed by atoms with Gasteiger partial charge in [0.1, 0.15) is 11.4 Å². The van der Waals surface area contributed by atoms with E-state index in [9.17, 15) is 0 Å². The van der Waals surface area contributed by atoms with Crippen LogP contribution in [0, 0.1) is 6.92 Å². The fourth-order valence-electron chi connectivity index (χ4n) is 3.94. The quantitative estimate of drug-likeness (QED) is 0.545. The van der Waals surface area contributed by atoms with Crippen molar-refractivity contribution in [1.29, 1.82) is 0 Å². The van der Waals surface area contributed by atoms with Gasteiger partial charge >= 0.3 is 0 Å². The largest absolute Gasteiger partial charge is 0.497 e. The van der Waals surface area contributed by atoms with Gasteiger partial charge in [-0.05, 0) is 61.7 Å². The molecule has 4 heterocycles. The summed E-state index contributed by atoms with van der Waals surface area (Å²) in [4.78, 5) is 9.28. The molecule has 27 heavy (non-hydrogen) atoms. The predicted molar refractivity (Wildman–Crippen MR) is 106 cm³/mol. The third-order valence-electron chi connectivity index (χ3n) is 5.19. The van der Waals surface area contributed by atoms with E-state index in [2.05, 4.69) is 21.8 Å². The Balaban J connectivity index is 1.82. The van der Waals surface area contributed by atoms with Gasteiger partial charge in [0.15, 0.2) is 0 Å². The Morgan fingerprint density at radius 3 is 2.89 bits per heavy atom. The normalized spacial score (nSPS) is 13.1. The molecule has 3 aromatic heterocycles. The highest BCUT2D eigenvalue weighted by Gasteiger charge is 2.25. The highest BCUT2D eigenvalue weighted by molar-refractivity contribution is 5.99. The van der Waals surface area contributed by atoms with E-state index in [4.69, 9.17) is 14.8 Å². The number of fused-ring (bicyclic) bond motifs is 2. The molecule has 0 atom stereocenters. The third-order valence-corrected chi connectivity index (χ3v) is 5.19. The first kappa shape index (κ1) is 16.0. The molecular formula is C22H20N4O. The van der Waals surface area contributed by atoms with E-state index in [-0.39, 0.29) is 0 Å². The number of aryl methyl sites for hydroxylation is 2. The average molecular weight is 356 g/mol. The van der Waals surface area contributed by atoms with Gasteiger partial charge in [0.25, 0.3) is 0 Å². The van der Waals surface area contributed by atoms with E-state index in [0.717, 1.165) is 58.7 Å². The van der Waals surface area contributed by atoms with Crippen molar-refractivity contribution < 1.29 is 4.74 Å². The number of pyridine rings is 2. The smallest absolute Gasteiger partial charge is 0.119 e. The first-order valence-corrected chi connectivity index (χ1v) is 9.21. The number of methoxy groups -OCH3 is 1. The molecule has 0 saturated carbocycles. The van der Waals surface area contributed by atoms with Gasteiger partial charge in [0, 0.05) is 35.1 Å². The SMILES string of the molecule is COc1ccc2nccc(-c3c(-c4cccc(C)n4)nn4c3CCC4)c2c1. The summed E-state index contributed by atoms with van der Waals surface area (Å²) in [7, 11) is 1.69. The van der Waals surface area contributed by atoms with Crippen molar-refractivity contribution in [2.75, 3.05) is 7.11 Å². The molecule has 0 radical (unpaired) electrons. The minimum atomic E-state index is 0.829. The summed E-state index contributed by atoms with van der Waals surface area (Å²) in [5, 5.41) is 6.01. The summed E-state index contributed by atoms with van der Waals surface area (Å²) < 4.78 is 7.60. The molecule has 1 aliphatic rings. The summed E-state index contributed by atoms with van der Waals surface area (Å²) in [5.74, 6) is 0.829. The monoisotopic (exact) mass is 356 g/mol. The maximum absolute atomic E-state index is 5.46. The van der Waals surface area contributed by atoms with Crippen LogP contribution in [0.3, 0.4) is 0 Å². The zero-order chi connectivity index (χ0) is 18.4. The maximum Gasteiger partial charge on any atom is 0.119 e. The molecule has 0 unspecified atom stereocenters. The van der Waals surface area contributed by atoms with Crippen molar-refractivity contribution >= 4 is 10.9 Å². The number of rotatable bonds is 3. The van der Waals surface area contributed by atoms with Crippen molar-refractivity contribution in [3.05, 3.63) is 60.0 Å². The molecule has 5 heteroatoms. The van der Waals surface area contributed by atoms with Crippen LogP contribution in [0.1, 0.15) is 17.8 Å². The standard InChI is InChI=1S/C22H20N4O/c1-14-5-3-6-19(24-14)22-21(20-7-4-12-26(20)25-22)16-10-11-23-18-9-8-15(27-2)13-17(16)18/h3,5-6,8-11,13H,4,7,12H2,1-2H3. The topological polar surface area (TPSA) is 52.8 Å². The molecule has 5 nitrogen and oxygen atoms in total. The minimum Gasteiger partial charge on any atom is -0.497 e. The fraction of sp³-hybridized carbons (Fsp3) is 0.227. The second-order valence-electron chi connectivity index (χ2n) is 6.90. The number of hydrogen-bond acceptors (Lipinski definition) is 4. The Morgan fingerprint density at radius 2 is 2.04 bits per heavy atom. The van der Waals surface area contributed by atoms with Gasteiger partial charge in [0.2, 0.25) is 0 Å². The van der Waals surface area contributed by atoms with Crippen LogP contribution in [0.5, 0.6) is 5.75 Å². The van der Waals surface area contributed by atoms with Gasteiger partial charge < -0.3 is 4.74 Å². The minimum absolute atomic E-state index is 0.829. The summed E-state index contributed by atoms with van der Waals surface area (Å²) in [6.07, 6.45) is 4.03. The van der Waals surface area contributed by atoms with E-state index in [1.165, 1.54) is 11.3 Å². The van der Waals surface area contributed by atoms with E-state index >= 15 is 0 Å². The first-order valence-electron chi connectivity index (χ1n) is 9.21. The molecule has 0 saturated heterocycles. The summed E-state index contributed by atoms with van der Waals surface area (Å²) in [6, 6.07) is 14.2. The van der Waals surface area contributed by atoms with Crippen molar-refractivity contribution in [1.82, 2.24) is 19.7 Å². The lowest BCUT2D eigenvalue weighted by Crippen LogP contribution is -1.95. The molecule has 4 aromatic rings. The van der Waals surface area contributed by atoms with Gasteiger partial charge in [-0.2, -0.15) is 5.10 Å². The molecule has 0 aliphatic carbocycles. The van der Waals surface area contributed by atoms with E-state index in [0.29, 0.717) is 0 Å². The molecule has 5 rings (SSSR count). The van der Waals surface area contributed by atoms with Crippen molar-refractivity contribution in [3.8, 4) is 28.3 Å². The zero-order valence-electron chi connectivity index (χ0n) is 15.4. The number of nitrogens with zero attached hydrogens (tertiary/aromatic N) is 4. The van der Waals surface area contributed by atoms with Crippen LogP contribution in [0.15, 0.2) is 48.7 Å². The molecule has 1 aromatic carbocycles. The number of ether oxygens (including phenoxy) is 1. The van der Waals surface area contributed by atoms with Crippen LogP contribution in [0.4, 0.5) is 0 Å². The van der Waals surface area contributed by atoms with E-state index in [1.54, 1.807) is 7.11 Å². The highest BCUT2D eigenvalue weighted by Crippen LogP contribution is 2.40. The lowest BCUT2D eigenvalue weighted by molar-refractivity contribution is 0.415. The summed E-state index contributed by atoms with van der Waals surface area (Å²) in [6.45, 7) is 2.97. The van der Waals surface area contributed by atoms with Crippen LogP contribution in [-0.2, 0) is 13.0 Å². The molecule has 0 spiro atoms. The Labute approximate surface area is 157 Å². The molecule has 0 N–H and O–H groups in total. The van der Waals surface area contributed by atoms with Crippen molar-refractivity contribution in [2.24, 2.45) is 0 Å². The van der Waals surface area contributed by atoms with Gasteiger partial charge in [-0.15, -0.1) is 0 Å². The van der Waals surface area contributed by atoms with Crippen LogP contribution < -0.4 is 4.74 Å². The second-order valence-corrected chi connectivity index (χ2v) is 6.90. The molecule has 0 amide bonds. The van der Waals surface area contributed by atoms with Crippen LogP contribution in [0.2, 0.25) is 0 Å². The first-order chi connectivity index (χ1) is 13.2. The lowest BCUT2D eigenvalue weighted by atomic mass is 9.96. The van der Waals surface area contributed by atoms with Crippen LogP contribution >= 0.6 is 0 Å². The third kappa shape index (κ3) is 2.58. The Hall–Kier alpha value is -3.21. The van der Waals surface area contributed by atoms with Gasteiger partial charge in [-0.25, -0.2) is 0 Å². The summed E-state index contributed by atoms with van der Waals surface area (Å²) in [5.41, 5.74) is 7.40. The number of benzene rings is 1. The Morgan fingerprint density at radius 1 is 1.11 bits per heavy atom. The van der Waals surface area contributed by atoms with E-state index < -0.39 is 0 Å². The van der Waals surface area contributed by atoms with Crippen molar-refractivity contribution in [2.45, 2.75) is 26.3 Å². The second kappa shape index (κ2) is 6.20. The van der Waals surface area contributed by atoms with Gasteiger partial charge in [-0.3, -0.25) is 14.6 Å². The molecule has 1 aliphatic heterocycles. The van der Waals surface area contributed by atoms with Crippen molar-refractivity contribution in [3.63, 3.8) is 0 Å².